The number of nitrogens with one attached hydrogen (secondary N) is 1. The second-order valence-corrected chi connectivity index (χ2v) is 2.84. The van der Waals surface area contributed by atoms with Gasteiger partial charge in [-0.05, 0) is 33.9 Å². The van der Waals surface area contributed by atoms with E-state index in [0.717, 1.165) is 13.0 Å². The van der Waals surface area contributed by atoms with Crippen LogP contribution >= 0.6 is 24.8 Å². The van der Waals surface area contributed by atoms with Gasteiger partial charge in [0.1, 0.15) is 0 Å². The van der Waals surface area contributed by atoms with Crippen LogP contribution < -0.4 is 11.1 Å². The summed E-state index contributed by atoms with van der Waals surface area (Å²) in [7, 11) is 1.94. The summed E-state index contributed by atoms with van der Waals surface area (Å²) in [4.78, 5) is 0. The van der Waals surface area contributed by atoms with E-state index in [1.807, 2.05) is 20.9 Å². The zero-order chi connectivity index (χ0) is 6.62. The maximum absolute atomic E-state index is 5.68. The van der Waals surface area contributed by atoms with Gasteiger partial charge in [0.2, 0.25) is 0 Å². The van der Waals surface area contributed by atoms with E-state index < -0.39 is 0 Å². The van der Waals surface area contributed by atoms with Crippen LogP contribution in [0.4, 0.5) is 0 Å². The summed E-state index contributed by atoms with van der Waals surface area (Å²) in [5, 5.41) is 3.04. The summed E-state index contributed by atoms with van der Waals surface area (Å²) >= 11 is 0. The van der Waals surface area contributed by atoms with E-state index >= 15 is 0 Å². The number of halogens is 2. The van der Waals surface area contributed by atoms with Gasteiger partial charge in [0.15, 0.2) is 0 Å². The summed E-state index contributed by atoms with van der Waals surface area (Å²) in [6.07, 6.45) is 1.03. The first-order valence-electron chi connectivity index (χ1n) is 3.00. The Balaban J connectivity index is -0.000000245. The minimum atomic E-state index is -0.0109. The molecule has 0 unspecified atom stereocenters. The first kappa shape index (κ1) is 16.8. The van der Waals surface area contributed by atoms with Crippen LogP contribution in [0.25, 0.3) is 0 Å². The van der Waals surface area contributed by atoms with Gasteiger partial charge in [-0.25, -0.2) is 0 Å². The highest BCUT2D eigenvalue weighted by molar-refractivity contribution is 5.85. The van der Waals surface area contributed by atoms with E-state index in [-0.39, 0.29) is 30.4 Å². The molecule has 0 amide bonds. The summed E-state index contributed by atoms with van der Waals surface area (Å²) < 4.78 is 0. The molecule has 0 aliphatic heterocycles. The molecule has 10 heavy (non-hydrogen) atoms. The quantitative estimate of drug-likeness (QED) is 0.699. The molecule has 0 aliphatic carbocycles. The van der Waals surface area contributed by atoms with Crippen molar-refractivity contribution in [2.24, 2.45) is 5.73 Å². The van der Waals surface area contributed by atoms with Gasteiger partial charge in [0, 0.05) is 5.54 Å². The maximum Gasteiger partial charge on any atom is 0.0109 e. The van der Waals surface area contributed by atoms with Gasteiger partial charge in [-0.3, -0.25) is 0 Å². The summed E-state index contributed by atoms with van der Waals surface area (Å²) in [5.74, 6) is 0. The molecule has 0 saturated heterocycles. The van der Waals surface area contributed by atoms with Gasteiger partial charge in [0.05, 0.1) is 0 Å². The average molecular weight is 189 g/mol. The largest absolute Gasteiger partial charge is 0.326 e. The smallest absolute Gasteiger partial charge is 0.0109 e. The van der Waals surface area contributed by atoms with Crippen molar-refractivity contribution in [2.45, 2.75) is 25.8 Å². The molecule has 4 heteroatoms. The third-order valence-corrected chi connectivity index (χ3v) is 1.02. The molecule has 0 spiro atoms. The normalized spacial score (nSPS) is 9.60. The van der Waals surface area contributed by atoms with Gasteiger partial charge in [-0.15, -0.1) is 24.8 Å². The fourth-order valence-electron chi connectivity index (χ4n) is 0.447. The molecule has 66 valence electrons. The summed E-state index contributed by atoms with van der Waals surface area (Å²) in [6.45, 7) is 5.07. The Labute approximate surface area is 75.8 Å². The van der Waals surface area contributed by atoms with Crippen LogP contribution in [0.15, 0.2) is 0 Å². The van der Waals surface area contributed by atoms with Crippen LogP contribution in [0.3, 0.4) is 0 Å². The molecule has 0 aliphatic rings. The van der Waals surface area contributed by atoms with Crippen molar-refractivity contribution in [1.29, 1.82) is 0 Å². The zero-order valence-electron chi connectivity index (χ0n) is 6.81. The molecular formula is C6H18Cl2N2. The van der Waals surface area contributed by atoms with E-state index in [0.29, 0.717) is 0 Å². The fourth-order valence-corrected chi connectivity index (χ4v) is 0.447. The molecule has 0 aromatic rings. The second kappa shape index (κ2) is 7.61. The predicted molar refractivity (Wildman–Crippen MR) is 51.3 cm³/mol. The summed E-state index contributed by atoms with van der Waals surface area (Å²) in [6, 6.07) is 0. The highest BCUT2D eigenvalue weighted by atomic mass is 35.5. The topological polar surface area (TPSA) is 38.0 Å². The number of hydrogen-bond acceptors (Lipinski definition) is 2. The molecule has 0 radical (unpaired) electrons. The Morgan fingerprint density at radius 2 is 1.70 bits per heavy atom. The monoisotopic (exact) mass is 188 g/mol. The van der Waals surface area contributed by atoms with Gasteiger partial charge in [-0.1, -0.05) is 0 Å². The van der Waals surface area contributed by atoms with Crippen LogP contribution in [-0.2, 0) is 0 Å². The van der Waals surface area contributed by atoms with Crippen LogP contribution in [-0.4, -0.2) is 19.1 Å². The van der Waals surface area contributed by atoms with Crippen molar-refractivity contribution < 1.29 is 0 Å². The predicted octanol–water partition coefficient (Wildman–Crippen LogP) is 1.18. The lowest BCUT2D eigenvalue weighted by Crippen LogP contribution is -2.34. The van der Waals surface area contributed by atoms with Crippen LogP contribution in [0, 0.1) is 0 Å². The van der Waals surface area contributed by atoms with Crippen molar-refractivity contribution in [1.82, 2.24) is 5.32 Å². The van der Waals surface area contributed by atoms with Crippen molar-refractivity contribution in [3.05, 3.63) is 0 Å². The Bertz CT molecular complexity index is 61.3. The number of hydrogen-bond donors (Lipinski definition) is 2. The van der Waals surface area contributed by atoms with Gasteiger partial charge in [-0.2, -0.15) is 0 Å². The Kier molecular flexibility index (Phi) is 12.8. The zero-order valence-corrected chi connectivity index (χ0v) is 8.44. The minimum absolute atomic E-state index is 0. The highest BCUT2D eigenvalue weighted by Crippen LogP contribution is 2.00. The first-order chi connectivity index (χ1) is 3.56. The lowest BCUT2D eigenvalue weighted by Gasteiger charge is -2.17. The Morgan fingerprint density at radius 1 is 1.30 bits per heavy atom. The van der Waals surface area contributed by atoms with E-state index in [9.17, 15) is 0 Å². The van der Waals surface area contributed by atoms with Crippen LogP contribution in [0.5, 0.6) is 0 Å². The average Bonchev–Trinajstić information content (AvgIpc) is 1.59. The molecule has 0 heterocycles. The SMILES string of the molecule is CNCCC(C)(C)N.Cl.Cl. The molecule has 0 rings (SSSR count). The van der Waals surface area contributed by atoms with E-state index in [4.69, 9.17) is 5.73 Å². The molecule has 0 aromatic heterocycles. The molecule has 3 N–H and O–H groups in total. The minimum Gasteiger partial charge on any atom is -0.326 e. The van der Waals surface area contributed by atoms with Crippen LogP contribution in [0.1, 0.15) is 20.3 Å². The van der Waals surface area contributed by atoms with Gasteiger partial charge in [0.25, 0.3) is 0 Å². The lowest BCUT2D eigenvalue weighted by molar-refractivity contribution is 0.466. The molecule has 0 atom stereocenters. The van der Waals surface area contributed by atoms with Gasteiger partial charge >= 0.3 is 0 Å². The molecular weight excluding hydrogens is 171 g/mol. The van der Waals surface area contributed by atoms with Crippen LogP contribution in [0.2, 0.25) is 0 Å². The molecule has 0 saturated carbocycles. The third-order valence-electron chi connectivity index (χ3n) is 1.02. The molecule has 0 aromatic carbocycles. The van der Waals surface area contributed by atoms with Crippen molar-refractivity contribution in [2.75, 3.05) is 13.6 Å². The standard InChI is InChI=1S/C6H16N2.2ClH/c1-6(2,7)4-5-8-3;;/h8H,4-5,7H2,1-3H3;2*1H. The van der Waals surface area contributed by atoms with Gasteiger partial charge < -0.3 is 11.1 Å². The Hall–Kier alpha value is 0.500. The van der Waals surface area contributed by atoms with Crippen molar-refractivity contribution in [3.8, 4) is 0 Å². The number of rotatable bonds is 3. The van der Waals surface area contributed by atoms with E-state index in [2.05, 4.69) is 5.32 Å². The first-order valence-corrected chi connectivity index (χ1v) is 3.00. The number of nitrogens with two attached hydrogens (primary N) is 1. The molecule has 0 bridgehead atoms. The highest BCUT2D eigenvalue weighted by Gasteiger charge is 2.07. The molecule has 2 nitrogen and oxygen atoms in total. The fraction of sp³-hybridized carbons (Fsp3) is 1.00. The second-order valence-electron chi connectivity index (χ2n) is 2.84. The van der Waals surface area contributed by atoms with E-state index in [1.54, 1.807) is 0 Å². The molecule has 0 fully saturated rings. The maximum atomic E-state index is 5.68. The Morgan fingerprint density at radius 3 is 1.80 bits per heavy atom. The van der Waals surface area contributed by atoms with E-state index in [1.165, 1.54) is 0 Å². The third kappa shape index (κ3) is 15.8. The summed E-state index contributed by atoms with van der Waals surface area (Å²) in [5.41, 5.74) is 5.67. The lowest BCUT2D eigenvalue weighted by atomic mass is 10.0. The van der Waals surface area contributed by atoms with Crippen molar-refractivity contribution in [3.63, 3.8) is 0 Å². The van der Waals surface area contributed by atoms with Crippen molar-refractivity contribution >= 4 is 24.8 Å².